The number of hydrogen-bond donors (Lipinski definition) is 1. The van der Waals surface area contributed by atoms with E-state index in [0.29, 0.717) is 32.3 Å². The number of fused-ring (bicyclic) bond motifs is 2. The van der Waals surface area contributed by atoms with Crippen LogP contribution in [0.15, 0.2) is 6.07 Å². The first-order valence-corrected chi connectivity index (χ1v) is 17.4. The van der Waals surface area contributed by atoms with Crippen LogP contribution in [0, 0.1) is 11.2 Å². The van der Waals surface area contributed by atoms with Gasteiger partial charge in [-0.05, 0) is 64.3 Å². The molecule has 0 saturated heterocycles. The maximum Gasteiger partial charge on any atom is 0.189 e. The van der Waals surface area contributed by atoms with Crippen molar-refractivity contribution in [2.75, 3.05) is 13.4 Å². The van der Waals surface area contributed by atoms with Crippen molar-refractivity contribution in [1.82, 2.24) is 4.72 Å². The third-order valence-corrected chi connectivity index (χ3v) is 11.0. The van der Waals surface area contributed by atoms with Crippen LogP contribution in [0.1, 0.15) is 64.5 Å². The molecule has 0 aliphatic heterocycles. The molecule has 2 aliphatic rings. The second-order valence-electron chi connectivity index (χ2n) is 12.0. The van der Waals surface area contributed by atoms with E-state index >= 15 is 8.78 Å². The highest BCUT2D eigenvalue weighted by atomic mass is 35.5. The van der Waals surface area contributed by atoms with Gasteiger partial charge in [-0.1, -0.05) is 42.8 Å². The second kappa shape index (κ2) is 10.3. The summed E-state index contributed by atoms with van der Waals surface area (Å²) in [6.07, 6.45) is 2.20. The Morgan fingerprint density at radius 3 is 2.32 bits per heavy atom. The summed E-state index contributed by atoms with van der Waals surface area (Å²) in [6.45, 7) is 12.6. The summed E-state index contributed by atoms with van der Waals surface area (Å²) in [5.74, 6) is -0.756. The van der Waals surface area contributed by atoms with Crippen LogP contribution in [0.4, 0.5) is 8.78 Å². The summed E-state index contributed by atoms with van der Waals surface area (Å²) in [7, 11) is -1.26. The molecule has 0 aromatic heterocycles. The van der Waals surface area contributed by atoms with Crippen molar-refractivity contribution in [3.63, 3.8) is 0 Å². The SMILES string of the molecule is CC(C)(C)[S+]([O-])N[C@H](c1c(F)c(OCOCC[Si](C)(C)C)cc(Cl)c1Cl)C12CCC(F)(CC1)C2. The van der Waals surface area contributed by atoms with Gasteiger partial charge in [0.15, 0.2) is 18.4 Å². The molecule has 194 valence electrons. The molecule has 0 heterocycles. The van der Waals surface area contributed by atoms with E-state index in [9.17, 15) is 4.55 Å². The van der Waals surface area contributed by atoms with Crippen LogP contribution in [-0.2, 0) is 16.1 Å². The van der Waals surface area contributed by atoms with Gasteiger partial charge in [-0.2, -0.15) is 0 Å². The molecule has 10 heteroatoms. The Hall–Kier alpha value is -0.0931. The lowest BCUT2D eigenvalue weighted by molar-refractivity contribution is 0.0195. The fraction of sp³-hybridized carbons (Fsp3) is 0.750. The van der Waals surface area contributed by atoms with E-state index in [0.717, 1.165) is 6.04 Å². The third-order valence-electron chi connectivity index (χ3n) is 6.94. The lowest BCUT2D eigenvalue weighted by Crippen LogP contribution is -2.46. The molecule has 2 bridgehead atoms. The first-order chi connectivity index (χ1) is 15.6. The molecule has 0 amide bonds. The molecule has 1 unspecified atom stereocenters. The Labute approximate surface area is 216 Å². The minimum absolute atomic E-state index is 0.0345. The standard InChI is InChI=1S/C24H37Cl2F2NO3SSi/c1-22(2,3)33(30)29-21(23-7-9-24(28,14-23)10-8-23)18-19(26)16(25)13-17(20(18)27)32-15-31-11-12-34(4,5)6/h13,21,29H,7-12,14-15H2,1-6H3/t21-,23?,24?,33?/m1/s1. The minimum Gasteiger partial charge on any atom is -0.598 e. The van der Waals surface area contributed by atoms with Gasteiger partial charge in [0.2, 0.25) is 0 Å². The minimum atomic E-state index is -1.54. The van der Waals surface area contributed by atoms with E-state index in [1.54, 1.807) is 0 Å². The van der Waals surface area contributed by atoms with Crippen molar-refractivity contribution >= 4 is 42.6 Å². The van der Waals surface area contributed by atoms with Gasteiger partial charge < -0.3 is 14.0 Å². The van der Waals surface area contributed by atoms with Crippen molar-refractivity contribution < 1.29 is 22.8 Å². The van der Waals surface area contributed by atoms with Gasteiger partial charge in [-0.3, -0.25) is 0 Å². The fourth-order valence-corrected chi connectivity index (χ4v) is 6.99. The lowest BCUT2D eigenvalue weighted by atomic mass is 9.74. The normalized spacial score (nSPS) is 26.7. The van der Waals surface area contributed by atoms with Crippen molar-refractivity contribution in [3.05, 3.63) is 27.5 Å². The number of rotatable bonds is 10. The summed E-state index contributed by atoms with van der Waals surface area (Å²) in [5.41, 5.74) is -1.78. The smallest absolute Gasteiger partial charge is 0.189 e. The Morgan fingerprint density at radius 1 is 1.21 bits per heavy atom. The monoisotopic (exact) mass is 555 g/mol. The summed E-state index contributed by atoms with van der Waals surface area (Å²) in [6, 6.07) is 1.53. The van der Waals surface area contributed by atoms with E-state index in [2.05, 4.69) is 24.4 Å². The van der Waals surface area contributed by atoms with Crippen molar-refractivity contribution in [2.45, 2.75) is 95.0 Å². The maximum absolute atomic E-state index is 15.9. The highest BCUT2D eigenvalue weighted by molar-refractivity contribution is 7.90. The quantitative estimate of drug-likeness (QED) is 0.106. The number of halogens is 4. The number of benzene rings is 1. The van der Waals surface area contributed by atoms with E-state index in [4.69, 9.17) is 32.7 Å². The maximum atomic E-state index is 15.9. The largest absolute Gasteiger partial charge is 0.598 e. The van der Waals surface area contributed by atoms with Gasteiger partial charge >= 0.3 is 0 Å². The number of ether oxygens (including phenoxy) is 2. The molecule has 2 atom stereocenters. The zero-order chi connectivity index (χ0) is 25.5. The molecule has 0 radical (unpaired) electrons. The number of hydrogen-bond acceptors (Lipinski definition) is 4. The highest BCUT2D eigenvalue weighted by Crippen LogP contribution is 2.64. The summed E-state index contributed by atoms with van der Waals surface area (Å²) in [4.78, 5) is 0. The summed E-state index contributed by atoms with van der Waals surface area (Å²) >= 11 is 11.4. The Kier molecular flexibility index (Phi) is 8.66. The van der Waals surface area contributed by atoms with Gasteiger partial charge in [-0.15, -0.1) is 4.72 Å². The van der Waals surface area contributed by atoms with Crippen LogP contribution in [0.2, 0.25) is 35.7 Å². The molecule has 1 aromatic carbocycles. The molecule has 2 fully saturated rings. The molecule has 2 saturated carbocycles. The molecular formula is C24H37Cl2F2NO3SSi. The van der Waals surface area contributed by atoms with E-state index in [-0.39, 0.29) is 34.6 Å². The van der Waals surface area contributed by atoms with E-state index in [1.165, 1.54) is 6.07 Å². The van der Waals surface area contributed by atoms with Gasteiger partial charge in [0.05, 0.1) is 16.1 Å². The van der Waals surface area contributed by atoms with Crippen molar-refractivity contribution in [1.29, 1.82) is 0 Å². The Morgan fingerprint density at radius 2 is 1.82 bits per heavy atom. The van der Waals surface area contributed by atoms with Gasteiger partial charge in [0.1, 0.15) is 10.4 Å². The van der Waals surface area contributed by atoms with Crippen LogP contribution < -0.4 is 9.46 Å². The summed E-state index contributed by atoms with van der Waals surface area (Å²) in [5, 5.41) is 0.162. The highest BCUT2D eigenvalue weighted by Gasteiger charge is 2.60. The van der Waals surface area contributed by atoms with Crippen molar-refractivity contribution in [2.24, 2.45) is 5.41 Å². The molecule has 34 heavy (non-hydrogen) atoms. The number of alkyl halides is 1. The average molecular weight is 557 g/mol. The molecule has 1 aromatic rings. The van der Waals surface area contributed by atoms with Gasteiger partial charge in [-0.25, -0.2) is 8.78 Å². The predicted octanol–water partition coefficient (Wildman–Crippen LogP) is 7.59. The van der Waals surface area contributed by atoms with E-state index in [1.807, 2.05) is 20.8 Å². The van der Waals surface area contributed by atoms with E-state index < -0.39 is 47.1 Å². The molecule has 1 N–H and O–H groups in total. The van der Waals surface area contributed by atoms with Crippen LogP contribution >= 0.6 is 23.2 Å². The summed E-state index contributed by atoms with van der Waals surface area (Å²) < 4.78 is 57.9. The molecular weight excluding hydrogens is 519 g/mol. The molecule has 4 nitrogen and oxygen atoms in total. The Balaban J connectivity index is 1.92. The van der Waals surface area contributed by atoms with Crippen LogP contribution in [0.5, 0.6) is 5.75 Å². The first kappa shape index (κ1) is 28.5. The molecule has 3 rings (SSSR count). The fourth-order valence-electron chi connectivity index (χ4n) is 4.85. The predicted molar refractivity (Wildman–Crippen MR) is 139 cm³/mol. The zero-order valence-corrected chi connectivity index (χ0v) is 24.3. The van der Waals surface area contributed by atoms with Crippen molar-refractivity contribution in [3.8, 4) is 5.75 Å². The zero-order valence-electron chi connectivity index (χ0n) is 21.0. The average Bonchev–Trinajstić information content (AvgIpc) is 3.23. The third kappa shape index (κ3) is 6.42. The Bertz CT molecular complexity index is 886. The van der Waals surface area contributed by atoms with Crippen LogP contribution in [0.3, 0.4) is 0 Å². The van der Waals surface area contributed by atoms with Gasteiger partial charge in [0, 0.05) is 37.7 Å². The molecule has 2 aliphatic carbocycles. The lowest BCUT2D eigenvalue weighted by Gasteiger charge is -2.39. The second-order valence-corrected chi connectivity index (χ2v) is 20.4. The van der Waals surface area contributed by atoms with Crippen LogP contribution in [0.25, 0.3) is 0 Å². The van der Waals surface area contributed by atoms with Gasteiger partial charge in [0.25, 0.3) is 0 Å². The van der Waals surface area contributed by atoms with Crippen LogP contribution in [-0.4, -0.2) is 36.4 Å². The molecule has 0 spiro atoms. The topological polar surface area (TPSA) is 53.5 Å². The first-order valence-electron chi connectivity index (χ1n) is 11.8. The number of nitrogens with one attached hydrogen (secondary N) is 1.